The molecular formula is C12H27N3O2S. The Labute approximate surface area is 112 Å². The molecule has 0 aromatic rings. The van der Waals surface area contributed by atoms with Crippen molar-refractivity contribution in [2.45, 2.75) is 52.1 Å². The Balaban J connectivity index is 2.65. The van der Waals surface area contributed by atoms with E-state index in [-0.39, 0.29) is 6.04 Å². The van der Waals surface area contributed by atoms with Gasteiger partial charge in [-0.2, -0.15) is 17.0 Å². The Morgan fingerprint density at radius 3 is 2.67 bits per heavy atom. The highest BCUT2D eigenvalue weighted by Crippen LogP contribution is 2.17. The number of rotatable bonds is 6. The van der Waals surface area contributed by atoms with Crippen molar-refractivity contribution in [1.82, 2.24) is 13.9 Å². The lowest BCUT2D eigenvalue weighted by Gasteiger charge is -2.35. The van der Waals surface area contributed by atoms with Crippen LogP contribution >= 0.6 is 0 Å². The lowest BCUT2D eigenvalue weighted by molar-refractivity contribution is 0.260. The summed E-state index contributed by atoms with van der Waals surface area (Å²) in [7, 11) is -1.64. The molecule has 0 bridgehead atoms. The molecule has 0 amide bonds. The third kappa shape index (κ3) is 3.91. The lowest BCUT2D eigenvalue weighted by atomic mass is 10.1. The summed E-state index contributed by atoms with van der Waals surface area (Å²) in [4.78, 5) is 0. The van der Waals surface area contributed by atoms with Gasteiger partial charge in [-0.15, -0.1) is 0 Å². The maximum Gasteiger partial charge on any atom is 0.282 e. The standard InChI is InChI=1S/C12H27N3O2S/c1-5-8-13-12-7-6-9-15(10-12)18(16,17)14(4)11(2)3/h11-13H,5-10H2,1-4H3. The van der Waals surface area contributed by atoms with Gasteiger partial charge < -0.3 is 5.32 Å². The molecule has 1 unspecified atom stereocenters. The van der Waals surface area contributed by atoms with Crippen LogP contribution in [0.15, 0.2) is 0 Å². The van der Waals surface area contributed by atoms with Crippen LogP contribution in [-0.4, -0.2) is 55.8 Å². The number of hydrogen-bond acceptors (Lipinski definition) is 3. The van der Waals surface area contributed by atoms with E-state index in [0.717, 1.165) is 25.8 Å². The molecule has 1 atom stereocenters. The van der Waals surface area contributed by atoms with Gasteiger partial charge in [0.15, 0.2) is 0 Å². The second-order valence-electron chi connectivity index (χ2n) is 5.27. The average molecular weight is 277 g/mol. The van der Waals surface area contributed by atoms with Crippen LogP contribution < -0.4 is 5.32 Å². The Morgan fingerprint density at radius 1 is 1.44 bits per heavy atom. The minimum absolute atomic E-state index is 0.000947. The number of piperidine rings is 1. The van der Waals surface area contributed by atoms with E-state index in [1.54, 1.807) is 11.4 Å². The van der Waals surface area contributed by atoms with E-state index < -0.39 is 10.2 Å². The monoisotopic (exact) mass is 277 g/mol. The van der Waals surface area contributed by atoms with Crippen molar-refractivity contribution in [3.8, 4) is 0 Å². The van der Waals surface area contributed by atoms with E-state index in [1.165, 1.54) is 4.31 Å². The predicted molar refractivity (Wildman–Crippen MR) is 74.7 cm³/mol. The summed E-state index contributed by atoms with van der Waals surface area (Å²) >= 11 is 0. The molecule has 0 radical (unpaired) electrons. The molecule has 1 rings (SSSR count). The van der Waals surface area contributed by atoms with Gasteiger partial charge in [-0.25, -0.2) is 0 Å². The molecule has 1 heterocycles. The van der Waals surface area contributed by atoms with Crippen molar-refractivity contribution < 1.29 is 8.42 Å². The zero-order chi connectivity index (χ0) is 13.8. The van der Waals surface area contributed by atoms with Crippen molar-refractivity contribution in [3.63, 3.8) is 0 Å². The first-order chi connectivity index (χ1) is 8.39. The molecule has 108 valence electrons. The molecule has 0 aromatic heterocycles. The van der Waals surface area contributed by atoms with Gasteiger partial charge >= 0.3 is 0 Å². The summed E-state index contributed by atoms with van der Waals surface area (Å²) in [6, 6.07) is 0.299. The van der Waals surface area contributed by atoms with Crippen molar-refractivity contribution in [2.24, 2.45) is 0 Å². The van der Waals surface area contributed by atoms with E-state index in [4.69, 9.17) is 0 Å². The second kappa shape index (κ2) is 6.84. The third-order valence-electron chi connectivity index (χ3n) is 3.48. The van der Waals surface area contributed by atoms with Gasteiger partial charge in [-0.3, -0.25) is 0 Å². The summed E-state index contributed by atoms with van der Waals surface area (Å²) in [5, 5.41) is 3.42. The number of nitrogens with one attached hydrogen (secondary N) is 1. The second-order valence-corrected chi connectivity index (χ2v) is 7.26. The Hall–Kier alpha value is -0.170. The first-order valence-corrected chi connectivity index (χ1v) is 8.25. The van der Waals surface area contributed by atoms with E-state index in [0.29, 0.717) is 19.1 Å². The predicted octanol–water partition coefficient (Wildman–Crippen LogP) is 1.04. The van der Waals surface area contributed by atoms with E-state index >= 15 is 0 Å². The summed E-state index contributed by atoms with van der Waals surface area (Å²) in [5.41, 5.74) is 0. The van der Waals surface area contributed by atoms with Gasteiger partial charge in [0.05, 0.1) is 0 Å². The molecular weight excluding hydrogens is 250 g/mol. The van der Waals surface area contributed by atoms with Crippen LogP contribution in [0.25, 0.3) is 0 Å². The normalized spacial score (nSPS) is 22.9. The summed E-state index contributed by atoms with van der Waals surface area (Å²) in [6.45, 7) is 8.11. The number of hydrogen-bond donors (Lipinski definition) is 1. The molecule has 6 heteroatoms. The van der Waals surface area contributed by atoms with Crippen LogP contribution in [-0.2, 0) is 10.2 Å². The molecule has 1 fully saturated rings. The summed E-state index contributed by atoms with van der Waals surface area (Å²) < 4.78 is 27.8. The summed E-state index contributed by atoms with van der Waals surface area (Å²) in [6.07, 6.45) is 3.08. The molecule has 5 nitrogen and oxygen atoms in total. The minimum Gasteiger partial charge on any atom is -0.313 e. The smallest absolute Gasteiger partial charge is 0.282 e. The van der Waals surface area contributed by atoms with E-state index in [2.05, 4.69) is 12.2 Å². The highest BCUT2D eigenvalue weighted by molar-refractivity contribution is 7.86. The molecule has 0 aromatic carbocycles. The fraction of sp³-hybridized carbons (Fsp3) is 1.00. The molecule has 1 N–H and O–H groups in total. The summed E-state index contributed by atoms with van der Waals surface area (Å²) in [5.74, 6) is 0. The van der Waals surface area contributed by atoms with Gasteiger partial charge in [-0.05, 0) is 39.7 Å². The molecule has 0 aliphatic carbocycles. The van der Waals surface area contributed by atoms with Crippen LogP contribution in [0, 0.1) is 0 Å². The fourth-order valence-corrected chi connectivity index (χ4v) is 3.74. The van der Waals surface area contributed by atoms with Crippen molar-refractivity contribution in [3.05, 3.63) is 0 Å². The van der Waals surface area contributed by atoms with E-state index in [9.17, 15) is 8.42 Å². The Bertz CT molecular complexity index is 343. The average Bonchev–Trinajstić information content (AvgIpc) is 2.35. The Morgan fingerprint density at radius 2 is 2.11 bits per heavy atom. The first-order valence-electron chi connectivity index (χ1n) is 6.86. The van der Waals surface area contributed by atoms with Gasteiger partial charge in [0.1, 0.15) is 0 Å². The molecule has 1 aliphatic heterocycles. The minimum atomic E-state index is -3.29. The topological polar surface area (TPSA) is 52.7 Å². The third-order valence-corrected chi connectivity index (χ3v) is 5.62. The fourth-order valence-electron chi connectivity index (χ4n) is 2.12. The van der Waals surface area contributed by atoms with Crippen molar-refractivity contribution >= 4 is 10.2 Å². The van der Waals surface area contributed by atoms with Gasteiger partial charge in [-0.1, -0.05) is 6.92 Å². The largest absolute Gasteiger partial charge is 0.313 e. The number of nitrogens with zero attached hydrogens (tertiary/aromatic N) is 2. The zero-order valence-electron chi connectivity index (χ0n) is 12.0. The van der Waals surface area contributed by atoms with Crippen LogP contribution in [0.3, 0.4) is 0 Å². The highest BCUT2D eigenvalue weighted by Gasteiger charge is 2.32. The maximum atomic E-state index is 12.4. The molecule has 18 heavy (non-hydrogen) atoms. The van der Waals surface area contributed by atoms with Gasteiger partial charge in [0.2, 0.25) is 0 Å². The SMILES string of the molecule is CCCNC1CCCN(S(=O)(=O)N(C)C(C)C)C1. The van der Waals surface area contributed by atoms with Crippen LogP contribution in [0.5, 0.6) is 0 Å². The van der Waals surface area contributed by atoms with Crippen LogP contribution in [0.2, 0.25) is 0 Å². The van der Waals surface area contributed by atoms with Crippen LogP contribution in [0.4, 0.5) is 0 Å². The van der Waals surface area contributed by atoms with Crippen molar-refractivity contribution in [2.75, 3.05) is 26.7 Å². The molecule has 0 spiro atoms. The molecule has 1 saturated heterocycles. The van der Waals surface area contributed by atoms with Gasteiger partial charge in [0.25, 0.3) is 10.2 Å². The van der Waals surface area contributed by atoms with Gasteiger partial charge in [0, 0.05) is 32.2 Å². The quantitative estimate of drug-likeness (QED) is 0.789. The Kier molecular flexibility index (Phi) is 6.04. The van der Waals surface area contributed by atoms with Crippen LogP contribution in [0.1, 0.15) is 40.0 Å². The first kappa shape index (κ1) is 15.9. The molecule has 0 saturated carbocycles. The van der Waals surface area contributed by atoms with Crippen molar-refractivity contribution in [1.29, 1.82) is 0 Å². The zero-order valence-corrected chi connectivity index (χ0v) is 12.8. The highest BCUT2D eigenvalue weighted by atomic mass is 32.2. The maximum absolute atomic E-state index is 12.4. The molecule has 1 aliphatic rings. The van der Waals surface area contributed by atoms with E-state index in [1.807, 2.05) is 13.8 Å². The lowest BCUT2D eigenvalue weighted by Crippen LogP contribution is -2.52.